The second-order valence-electron chi connectivity index (χ2n) is 6.60. The maximum atomic E-state index is 12.7. The highest BCUT2D eigenvalue weighted by atomic mass is 16.7. The topological polar surface area (TPSA) is 59.1 Å². The number of hydrogen-bond donors (Lipinski definition) is 0. The number of rotatable bonds is 2. The Labute approximate surface area is 141 Å². The molecule has 0 aromatic heterocycles. The smallest absolute Gasteiger partial charge is 0.253 e. The van der Waals surface area contributed by atoms with Crippen LogP contribution in [0.25, 0.3) is 0 Å². The minimum Gasteiger partial charge on any atom is -0.347 e. The molecule has 3 aliphatic heterocycles. The molecule has 0 aliphatic carbocycles. The van der Waals surface area contributed by atoms with Crippen molar-refractivity contribution in [3.63, 3.8) is 0 Å². The van der Waals surface area contributed by atoms with Crippen LogP contribution in [0.5, 0.6) is 0 Å². The van der Waals surface area contributed by atoms with Crippen molar-refractivity contribution in [2.24, 2.45) is 0 Å². The predicted molar refractivity (Wildman–Crippen MR) is 87.8 cm³/mol. The Morgan fingerprint density at radius 3 is 2.25 bits per heavy atom. The molecule has 3 fully saturated rings. The van der Waals surface area contributed by atoms with Crippen molar-refractivity contribution in [1.29, 1.82) is 0 Å². The van der Waals surface area contributed by atoms with Crippen molar-refractivity contribution in [2.45, 2.75) is 31.5 Å². The van der Waals surface area contributed by atoms with Gasteiger partial charge in [0.2, 0.25) is 5.91 Å². The van der Waals surface area contributed by atoms with E-state index in [1.807, 2.05) is 29.2 Å². The van der Waals surface area contributed by atoms with Crippen molar-refractivity contribution in [3.8, 4) is 0 Å². The highest BCUT2D eigenvalue weighted by Gasteiger charge is 2.40. The summed E-state index contributed by atoms with van der Waals surface area (Å²) in [7, 11) is 0. The van der Waals surface area contributed by atoms with E-state index in [1.165, 1.54) is 0 Å². The molecule has 1 aromatic rings. The number of hydrogen-bond acceptors (Lipinski definition) is 4. The molecule has 3 heterocycles. The fraction of sp³-hybridized carbons (Fsp3) is 0.556. The molecule has 3 aliphatic rings. The van der Waals surface area contributed by atoms with Crippen molar-refractivity contribution < 1.29 is 19.1 Å². The molecule has 1 aromatic carbocycles. The van der Waals surface area contributed by atoms with Crippen LogP contribution >= 0.6 is 0 Å². The number of piperidine rings is 1. The molecule has 0 atom stereocenters. The zero-order valence-corrected chi connectivity index (χ0v) is 13.7. The molecule has 0 radical (unpaired) electrons. The molecule has 6 heteroatoms. The van der Waals surface area contributed by atoms with Crippen LogP contribution in [-0.2, 0) is 14.3 Å². The number of carbonyl (C=O) groups is 2. The molecule has 0 saturated carbocycles. The summed E-state index contributed by atoms with van der Waals surface area (Å²) in [6, 6.07) is 7.36. The second kappa shape index (κ2) is 6.18. The van der Waals surface area contributed by atoms with Crippen LogP contribution in [0.4, 0.5) is 5.69 Å². The first-order valence-electron chi connectivity index (χ1n) is 8.65. The normalized spacial score (nSPS) is 23.2. The fourth-order valence-electron chi connectivity index (χ4n) is 3.72. The summed E-state index contributed by atoms with van der Waals surface area (Å²) in [6.07, 6.45) is 2.96. The quantitative estimate of drug-likeness (QED) is 0.829. The molecule has 6 nitrogen and oxygen atoms in total. The third kappa shape index (κ3) is 2.80. The Kier molecular flexibility index (Phi) is 4.02. The number of carbonyl (C=O) groups excluding carboxylic acids is 2. The van der Waals surface area contributed by atoms with Crippen LogP contribution in [0.1, 0.15) is 36.0 Å². The zero-order chi connectivity index (χ0) is 16.6. The summed E-state index contributed by atoms with van der Waals surface area (Å²) >= 11 is 0. The van der Waals surface area contributed by atoms with E-state index in [0.717, 1.165) is 31.5 Å². The summed E-state index contributed by atoms with van der Waals surface area (Å²) in [5.41, 5.74) is 1.54. The summed E-state index contributed by atoms with van der Waals surface area (Å²) < 4.78 is 11.4. The molecule has 0 unspecified atom stereocenters. The van der Waals surface area contributed by atoms with E-state index in [-0.39, 0.29) is 11.8 Å². The molecule has 0 bridgehead atoms. The Morgan fingerprint density at radius 2 is 1.67 bits per heavy atom. The minimum absolute atomic E-state index is 0.0298. The van der Waals surface area contributed by atoms with E-state index < -0.39 is 5.79 Å². The number of likely N-dealkylation sites (tertiary alicyclic amines) is 1. The van der Waals surface area contributed by atoms with Crippen LogP contribution in [0.15, 0.2) is 24.3 Å². The van der Waals surface area contributed by atoms with E-state index >= 15 is 0 Å². The molecule has 3 saturated heterocycles. The summed E-state index contributed by atoms with van der Waals surface area (Å²) in [5.74, 6) is -0.273. The van der Waals surface area contributed by atoms with E-state index in [0.29, 0.717) is 38.3 Å². The second-order valence-corrected chi connectivity index (χ2v) is 6.60. The van der Waals surface area contributed by atoms with Gasteiger partial charge in [0.05, 0.1) is 13.2 Å². The van der Waals surface area contributed by atoms with Gasteiger partial charge in [0.15, 0.2) is 5.79 Å². The maximum Gasteiger partial charge on any atom is 0.253 e. The maximum absolute atomic E-state index is 12.7. The zero-order valence-electron chi connectivity index (χ0n) is 13.7. The van der Waals surface area contributed by atoms with Gasteiger partial charge in [-0.25, -0.2) is 0 Å². The number of nitrogens with zero attached hydrogens (tertiary/aromatic N) is 2. The first-order chi connectivity index (χ1) is 11.7. The highest BCUT2D eigenvalue weighted by molar-refractivity contribution is 5.97. The molecular weight excluding hydrogens is 308 g/mol. The Balaban J connectivity index is 1.40. The van der Waals surface area contributed by atoms with E-state index in [4.69, 9.17) is 9.47 Å². The van der Waals surface area contributed by atoms with Gasteiger partial charge in [-0.2, -0.15) is 0 Å². The van der Waals surface area contributed by atoms with Gasteiger partial charge in [0, 0.05) is 50.1 Å². The molecule has 1 spiro atoms. The number of anilines is 1. The lowest BCUT2D eigenvalue weighted by molar-refractivity contribution is -0.181. The molecule has 128 valence electrons. The van der Waals surface area contributed by atoms with Crippen LogP contribution in [-0.4, -0.2) is 55.3 Å². The van der Waals surface area contributed by atoms with Crippen LogP contribution < -0.4 is 4.90 Å². The van der Waals surface area contributed by atoms with Gasteiger partial charge < -0.3 is 19.3 Å². The number of amides is 2. The lowest BCUT2D eigenvalue weighted by Gasteiger charge is -2.37. The Hall–Kier alpha value is -1.92. The first-order valence-corrected chi connectivity index (χ1v) is 8.65. The van der Waals surface area contributed by atoms with Gasteiger partial charge in [-0.15, -0.1) is 0 Å². The summed E-state index contributed by atoms with van der Waals surface area (Å²) in [5, 5.41) is 0. The van der Waals surface area contributed by atoms with Gasteiger partial charge in [-0.1, -0.05) is 0 Å². The van der Waals surface area contributed by atoms with Gasteiger partial charge in [-0.05, 0) is 30.7 Å². The summed E-state index contributed by atoms with van der Waals surface area (Å²) in [4.78, 5) is 28.1. The van der Waals surface area contributed by atoms with Crippen LogP contribution in [0.3, 0.4) is 0 Å². The molecule has 4 rings (SSSR count). The SMILES string of the molecule is O=C(c1ccc(N2CCCC2=O)cc1)N1CCC2(CC1)OCCO2. The van der Waals surface area contributed by atoms with Gasteiger partial charge in [-0.3, -0.25) is 9.59 Å². The third-order valence-corrected chi connectivity index (χ3v) is 5.13. The predicted octanol–water partition coefficient (Wildman–Crippen LogP) is 1.79. The minimum atomic E-state index is -0.462. The number of ether oxygens (including phenoxy) is 2. The van der Waals surface area contributed by atoms with Gasteiger partial charge in [0.25, 0.3) is 5.91 Å². The van der Waals surface area contributed by atoms with E-state index in [1.54, 1.807) is 4.90 Å². The monoisotopic (exact) mass is 330 g/mol. The molecular formula is C18H22N2O4. The summed E-state index contributed by atoms with van der Waals surface area (Å²) in [6.45, 7) is 3.34. The average Bonchev–Trinajstić information content (AvgIpc) is 3.25. The number of benzene rings is 1. The van der Waals surface area contributed by atoms with Crippen molar-refractivity contribution in [2.75, 3.05) is 37.7 Å². The van der Waals surface area contributed by atoms with Gasteiger partial charge >= 0.3 is 0 Å². The molecule has 0 N–H and O–H groups in total. The highest BCUT2D eigenvalue weighted by Crippen LogP contribution is 2.32. The Morgan fingerprint density at radius 1 is 1.00 bits per heavy atom. The third-order valence-electron chi connectivity index (χ3n) is 5.13. The lowest BCUT2D eigenvalue weighted by atomic mass is 10.0. The van der Waals surface area contributed by atoms with Crippen molar-refractivity contribution in [1.82, 2.24) is 4.90 Å². The van der Waals surface area contributed by atoms with Gasteiger partial charge in [0.1, 0.15) is 0 Å². The van der Waals surface area contributed by atoms with E-state index in [2.05, 4.69) is 0 Å². The molecule has 24 heavy (non-hydrogen) atoms. The standard InChI is InChI=1S/C18H22N2O4/c21-16-2-1-9-20(16)15-5-3-14(4-6-15)17(22)19-10-7-18(8-11-19)23-12-13-24-18/h3-6H,1-2,7-13H2. The van der Waals surface area contributed by atoms with Crippen molar-refractivity contribution in [3.05, 3.63) is 29.8 Å². The Bertz CT molecular complexity index is 627. The van der Waals surface area contributed by atoms with E-state index in [9.17, 15) is 9.59 Å². The molecule has 2 amide bonds. The average molecular weight is 330 g/mol. The lowest BCUT2D eigenvalue weighted by Crippen LogP contribution is -2.47. The fourth-order valence-corrected chi connectivity index (χ4v) is 3.72. The van der Waals surface area contributed by atoms with Crippen LogP contribution in [0, 0.1) is 0 Å². The largest absolute Gasteiger partial charge is 0.347 e. The van der Waals surface area contributed by atoms with Crippen molar-refractivity contribution >= 4 is 17.5 Å². The first kappa shape index (κ1) is 15.6. The van der Waals surface area contributed by atoms with Crippen LogP contribution in [0.2, 0.25) is 0 Å².